The van der Waals surface area contributed by atoms with Crippen molar-refractivity contribution in [1.29, 1.82) is 0 Å². The van der Waals surface area contributed by atoms with Crippen molar-refractivity contribution in [1.82, 2.24) is 30.5 Å². The Morgan fingerprint density at radius 1 is 1.10 bits per heavy atom. The molecular weight excluding hydrogens is 366 g/mol. The second-order valence-corrected chi connectivity index (χ2v) is 8.36. The number of amides is 1. The number of hydrogen-bond donors (Lipinski definition) is 1. The zero-order chi connectivity index (χ0) is 20.4. The second kappa shape index (κ2) is 7.62. The van der Waals surface area contributed by atoms with Crippen LogP contribution in [-0.4, -0.2) is 50.7 Å². The Labute approximate surface area is 169 Å². The smallest absolute Gasteiger partial charge is 0.273 e. The first kappa shape index (κ1) is 19.0. The van der Waals surface area contributed by atoms with Crippen molar-refractivity contribution in [2.45, 2.75) is 26.2 Å². The second-order valence-electron chi connectivity index (χ2n) is 8.36. The molecule has 0 spiro atoms. The Hall–Kier alpha value is -3.29. The highest BCUT2D eigenvalue weighted by atomic mass is 16.2. The summed E-state index contributed by atoms with van der Waals surface area (Å²) in [5.41, 5.74) is 2.11. The van der Waals surface area contributed by atoms with Gasteiger partial charge in [0.05, 0.1) is 17.6 Å². The molecule has 1 saturated heterocycles. The maximum absolute atomic E-state index is 12.4. The van der Waals surface area contributed by atoms with Crippen molar-refractivity contribution >= 4 is 11.7 Å². The highest BCUT2D eigenvalue weighted by Gasteiger charge is 2.29. The molecule has 1 aliphatic rings. The van der Waals surface area contributed by atoms with Crippen LogP contribution in [0.2, 0.25) is 0 Å². The van der Waals surface area contributed by atoms with E-state index < -0.39 is 0 Å². The van der Waals surface area contributed by atoms with Crippen LogP contribution in [-0.2, 0) is 5.41 Å². The molecule has 1 amide bonds. The lowest BCUT2D eigenvalue weighted by Gasteiger charge is -2.40. The Kier molecular flexibility index (Phi) is 5.00. The third kappa shape index (κ3) is 4.26. The number of carbonyl (C=O) groups is 1. The number of aromatic nitrogens is 5. The molecular formula is C21H25N7O. The van der Waals surface area contributed by atoms with E-state index in [9.17, 15) is 4.79 Å². The van der Waals surface area contributed by atoms with Crippen molar-refractivity contribution in [3.05, 3.63) is 60.0 Å². The molecule has 1 aromatic carbocycles. The third-order valence-electron chi connectivity index (χ3n) is 4.96. The summed E-state index contributed by atoms with van der Waals surface area (Å²) in [6, 6.07) is 13.6. The molecule has 0 unspecified atom stereocenters. The maximum atomic E-state index is 12.4. The molecule has 0 saturated carbocycles. The fourth-order valence-corrected chi connectivity index (χ4v) is 3.16. The quantitative estimate of drug-likeness (QED) is 0.717. The zero-order valence-electron chi connectivity index (χ0n) is 16.9. The van der Waals surface area contributed by atoms with Crippen molar-refractivity contribution in [2.75, 3.05) is 24.5 Å². The predicted molar refractivity (Wildman–Crippen MR) is 110 cm³/mol. The van der Waals surface area contributed by atoms with Gasteiger partial charge in [-0.1, -0.05) is 39.0 Å². The molecule has 8 nitrogen and oxygen atoms in total. The van der Waals surface area contributed by atoms with Gasteiger partial charge in [-0.25, -0.2) is 0 Å². The van der Waals surface area contributed by atoms with E-state index in [2.05, 4.69) is 51.4 Å². The van der Waals surface area contributed by atoms with E-state index in [-0.39, 0.29) is 11.3 Å². The average Bonchev–Trinajstić information content (AvgIpc) is 3.17. The van der Waals surface area contributed by atoms with Crippen LogP contribution in [0.1, 0.15) is 37.0 Å². The van der Waals surface area contributed by atoms with Crippen LogP contribution < -0.4 is 10.2 Å². The van der Waals surface area contributed by atoms with Gasteiger partial charge in [-0.05, 0) is 24.3 Å². The number of para-hydroxylation sites is 1. The Morgan fingerprint density at radius 3 is 2.52 bits per heavy atom. The van der Waals surface area contributed by atoms with E-state index in [1.165, 1.54) is 11.0 Å². The Morgan fingerprint density at radius 2 is 1.86 bits per heavy atom. The number of nitrogens with zero attached hydrogens (tertiary/aromatic N) is 6. The summed E-state index contributed by atoms with van der Waals surface area (Å²) >= 11 is 0. The van der Waals surface area contributed by atoms with E-state index in [0.29, 0.717) is 18.2 Å². The third-order valence-corrected chi connectivity index (χ3v) is 4.96. The van der Waals surface area contributed by atoms with E-state index in [0.717, 1.165) is 30.3 Å². The van der Waals surface area contributed by atoms with Gasteiger partial charge >= 0.3 is 0 Å². The number of rotatable bonds is 5. The first-order valence-corrected chi connectivity index (χ1v) is 9.75. The van der Waals surface area contributed by atoms with Gasteiger partial charge in [0.1, 0.15) is 0 Å². The van der Waals surface area contributed by atoms with Gasteiger partial charge in [-0.3, -0.25) is 4.79 Å². The van der Waals surface area contributed by atoms with Gasteiger partial charge in [0.15, 0.2) is 11.5 Å². The lowest BCUT2D eigenvalue weighted by molar-refractivity contribution is 0.0939. The van der Waals surface area contributed by atoms with Crippen molar-refractivity contribution < 1.29 is 4.79 Å². The molecule has 29 heavy (non-hydrogen) atoms. The fourth-order valence-electron chi connectivity index (χ4n) is 3.16. The molecule has 3 aromatic rings. The number of nitrogens with one attached hydrogen (secondary N) is 1. The number of carbonyl (C=O) groups excluding carboxylic acids is 1. The molecule has 0 bridgehead atoms. The summed E-state index contributed by atoms with van der Waals surface area (Å²) in [6.45, 7) is 8.66. The van der Waals surface area contributed by atoms with Crippen LogP contribution in [0, 0.1) is 5.92 Å². The predicted octanol–water partition coefficient (Wildman–Crippen LogP) is 2.22. The normalized spacial score (nSPS) is 14.5. The number of anilines is 1. The first-order chi connectivity index (χ1) is 13.9. The first-order valence-electron chi connectivity index (χ1n) is 9.75. The van der Waals surface area contributed by atoms with Crippen LogP contribution in [0.25, 0.3) is 5.69 Å². The number of hydrogen-bond acceptors (Lipinski definition) is 6. The van der Waals surface area contributed by atoms with E-state index in [1.807, 2.05) is 42.5 Å². The summed E-state index contributed by atoms with van der Waals surface area (Å²) in [5, 5.41) is 20.1. The molecule has 150 valence electrons. The number of benzene rings is 1. The Bertz CT molecular complexity index is 970. The van der Waals surface area contributed by atoms with E-state index in [4.69, 9.17) is 0 Å². The van der Waals surface area contributed by atoms with Crippen LogP contribution in [0.4, 0.5) is 5.82 Å². The molecule has 0 atom stereocenters. The summed E-state index contributed by atoms with van der Waals surface area (Å²) < 4.78 is 0. The van der Waals surface area contributed by atoms with Gasteiger partial charge in [-0.15, -0.1) is 10.2 Å². The standard InChI is InChI=1S/C21H25N7O/c1-21(2,3)18-9-10-19(25-24-18)27-13-15(14-27)11-22-20(29)17-12-23-28(26-17)16-7-5-4-6-8-16/h4-10,12,15H,11,13-14H2,1-3H3,(H,22,29). The Balaban J connectivity index is 1.26. The zero-order valence-corrected chi connectivity index (χ0v) is 16.9. The molecule has 2 aromatic heterocycles. The minimum Gasteiger partial charge on any atom is -0.354 e. The summed E-state index contributed by atoms with van der Waals surface area (Å²) in [6.07, 6.45) is 1.49. The largest absolute Gasteiger partial charge is 0.354 e. The molecule has 4 rings (SSSR count). The van der Waals surface area contributed by atoms with E-state index >= 15 is 0 Å². The van der Waals surface area contributed by atoms with Crippen molar-refractivity contribution in [2.24, 2.45) is 5.92 Å². The molecule has 0 aliphatic carbocycles. The lowest BCUT2D eigenvalue weighted by atomic mass is 9.92. The van der Waals surface area contributed by atoms with Crippen LogP contribution in [0.15, 0.2) is 48.7 Å². The van der Waals surface area contributed by atoms with Crippen molar-refractivity contribution in [3.8, 4) is 5.69 Å². The van der Waals surface area contributed by atoms with Gasteiger partial charge < -0.3 is 10.2 Å². The minimum atomic E-state index is -0.208. The fraction of sp³-hybridized carbons (Fsp3) is 0.381. The average molecular weight is 391 g/mol. The van der Waals surface area contributed by atoms with Gasteiger partial charge in [0.25, 0.3) is 5.91 Å². The monoisotopic (exact) mass is 391 g/mol. The molecule has 8 heteroatoms. The maximum Gasteiger partial charge on any atom is 0.273 e. The highest BCUT2D eigenvalue weighted by Crippen LogP contribution is 2.24. The highest BCUT2D eigenvalue weighted by molar-refractivity contribution is 5.91. The molecule has 0 radical (unpaired) electrons. The summed E-state index contributed by atoms with van der Waals surface area (Å²) in [7, 11) is 0. The lowest BCUT2D eigenvalue weighted by Crippen LogP contribution is -2.52. The molecule has 3 heterocycles. The van der Waals surface area contributed by atoms with Crippen LogP contribution in [0.3, 0.4) is 0 Å². The summed E-state index contributed by atoms with van der Waals surface area (Å²) in [5.74, 6) is 1.05. The topological polar surface area (TPSA) is 88.8 Å². The summed E-state index contributed by atoms with van der Waals surface area (Å²) in [4.78, 5) is 16.0. The SMILES string of the molecule is CC(C)(C)c1ccc(N2CC(CNC(=O)c3cnn(-c4ccccc4)n3)C2)nn1. The van der Waals surface area contributed by atoms with Gasteiger partial charge in [0, 0.05) is 31.0 Å². The van der Waals surface area contributed by atoms with Crippen LogP contribution in [0.5, 0.6) is 0 Å². The van der Waals surface area contributed by atoms with Gasteiger partial charge in [0.2, 0.25) is 0 Å². The van der Waals surface area contributed by atoms with E-state index in [1.54, 1.807) is 0 Å². The minimum absolute atomic E-state index is 0.00432. The van der Waals surface area contributed by atoms with Crippen molar-refractivity contribution in [3.63, 3.8) is 0 Å². The van der Waals surface area contributed by atoms with Crippen LogP contribution >= 0.6 is 0 Å². The molecule has 1 aliphatic heterocycles. The van der Waals surface area contributed by atoms with Gasteiger partial charge in [-0.2, -0.15) is 15.0 Å². The molecule has 1 N–H and O–H groups in total. The molecule has 1 fully saturated rings.